The van der Waals surface area contributed by atoms with E-state index < -0.39 is 0 Å². The van der Waals surface area contributed by atoms with Gasteiger partial charge in [0.25, 0.3) is 0 Å². The third kappa shape index (κ3) is 2.62. The number of nitrogens with zero attached hydrogens (tertiary/aromatic N) is 4. The number of carbonyl (C=O) groups is 1. The highest BCUT2D eigenvalue weighted by molar-refractivity contribution is 5.77. The molecule has 4 heterocycles. The van der Waals surface area contributed by atoms with Gasteiger partial charge >= 0.3 is 6.03 Å². The fourth-order valence-corrected chi connectivity index (χ4v) is 3.50. The van der Waals surface area contributed by atoms with E-state index in [4.69, 9.17) is 0 Å². The fraction of sp³-hybridized carbons (Fsp3) is 0.438. The zero-order valence-electron chi connectivity index (χ0n) is 12.4. The first-order chi connectivity index (χ1) is 10.8. The summed E-state index contributed by atoms with van der Waals surface area (Å²) in [6.45, 7) is 3.32. The Balaban J connectivity index is 1.44. The van der Waals surface area contributed by atoms with Crippen molar-refractivity contribution in [1.82, 2.24) is 25.0 Å². The van der Waals surface area contributed by atoms with E-state index in [1.807, 2.05) is 18.2 Å². The van der Waals surface area contributed by atoms with Crippen LogP contribution in [0.15, 0.2) is 36.8 Å². The van der Waals surface area contributed by atoms with E-state index in [9.17, 15) is 4.79 Å². The van der Waals surface area contributed by atoms with Crippen LogP contribution in [0, 0.1) is 5.92 Å². The molecule has 1 amide bonds. The van der Waals surface area contributed by atoms with Crippen LogP contribution in [0.5, 0.6) is 0 Å². The Morgan fingerprint density at radius 2 is 2.27 bits per heavy atom. The summed E-state index contributed by atoms with van der Waals surface area (Å²) in [5, 5.41) is 7.26. The molecule has 2 aliphatic rings. The number of piperidine rings is 1. The van der Waals surface area contributed by atoms with Crippen LogP contribution in [0.2, 0.25) is 0 Å². The van der Waals surface area contributed by atoms with Crippen LogP contribution in [-0.2, 0) is 0 Å². The van der Waals surface area contributed by atoms with Crippen molar-refractivity contribution >= 4 is 6.03 Å². The zero-order valence-corrected chi connectivity index (χ0v) is 12.4. The molecule has 4 rings (SSSR count). The third-order valence-corrected chi connectivity index (χ3v) is 4.55. The third-order valence-electron chi connectivity index (χ3n) is 4.55. The second-order valence-electron chi connectivity index (χ2n) is 6.18. The molecule has 0 aromatic carbocycles. The quantitative estimate of drug-likeness (QED) is 0.914. The van der Waals surface area contributed by atoms with E-state index in [1.165, 1.54) is 24.2 Å². The zero-order chi connectivity index (χ0) is 14.9. The Morgan fingerprint density at radius 1 is 1.32 bits per heavy atom. The van der Waals surface area contributed by atoms with Crippen LogP contribution in [-0.4, -0.2) is 51.4 Å². The molecule has 6 heteroatoms. The van der Waals surface area contributed by atoms with Gasteiger partial charge in [-0.25, -0.2) is 4.79 Å². The van der Waals surface area contributed by atoms with E-state index >= 15 is 0 Å². The molecule has 114 valence electrons. The van der Waals surface area contributed by atoms with Gasteiger partial charge in [0.15, 0.2) is 0 Å². The summed E-state index contributed by atoms with van der Waals surface area (Å²) in [4.78, 5) is 19.0. The van der Waals surface area contributed by atoms with Gasteiger partial charge in [-0.15, -0.1) is 0 Å². The van der Waals surface area contributed by atoms with Gasteiger partial charge in [0.2, 0.25) is 0 Å². The smallest absolute Gasteiger partial charge is 0.332 e. The normalized spacial score (nSPS) is 26.8. The maximum Gasteiger partial charge on any atom is 0.342 e. The van der Waals surface area contributed by atoms with Crippen LogP contribution in [0.1, 0.15) is 12.8 Å². The summed E-state index contributed by atoms with van der Waals surface area (Å²) in [6.07, 6.45) is 7.49. The molecule has 3 unspecified atom stereocenters. The second-order valence-corrected chi connectivity index (χ2v) is 6.18. The maximum atomic E-state index is 12.3. The van der Waals surface area contributed by atoms with Gasteiger partial charge < -0.3 is 10.2 Å². The molecule has 1 N–H and O–H groups in total. The number of carbonyl (C=O) groups excluding carboxylic acids is 1. The largest absolute Gasteiger partial charge is 0.342 e. The van der Waals surface area contributed by atoms with Crippen molar-refractivity contribution in [3.05, 3.63) is 36.8 Å². The molecule has 0 spiro atoms. The summed E-state index contributed by atoms with van der Waals surface area (Å²) in [5.41, 5.74) is 1.67. The Hall–Kier alpha value is -2.21. The molecule has 3 atom stereocenters. The van der Waals surface area contributed by atoms with Crippen LogP contribution < -0.4 is 5.32 Å². The number of rotatable bonds is 2. The Kier molecular flexibility index (Phi) is 3.38. The van der Waals surface area contributed by atoms with Gasteiger partial charge in [-0.1, -0.05) is 6.07 Å². The molecule has 6 nitrogen and oxygen atoms in total. The van der Waals surface area contributed by atoms with Crippen molar-refractivity contribution in [3.8, 4) is 11.3 Å². The highest BCUT2D eigenvalue weighted by atomic mass is 16.2. The minimum Gasteiger partial charge on any atom is -0.332 e. The second kappa shape index (κ2) is 5.53. The van der Waals surface area contributed by atoms with Crippen molar-refractivity contribution in [2.75, 3.05) is 19.6 Å². The number of amides is 1. The summed E-state index contributed by atoms with van der Waals surface area (Å²) >= 11 is 0. The Morgan fingerprint density at radius 3 is 3.09 bits per heavy atom. The first-order valence-corrected chi connectivity index (χ1v) is 7.77. The van der Waals surface area contributed by atoms with Crippen molar-refractivity contribution in [3.63, 3.8) is 0 Å². The highest BCUT2D eigenvalue weighted by Gasteiger charge is 2.33. The van der Waals surface area contributed by atoms with Crippen LogP contribution >= 0.6 is 0 Å². The summed E-state index contributed by atoms with van der Waals surface area (Å²) in [6, 6.07) is 5.77. The lowest BCUT2D eigenvalue weighted by molar-refractivity contribution is 0.204. The van der Waals surface area contributed by atoms with E-state index in [-0.39, 0.29) is 12.1 Å². The minimum atomic E-state index is -0.158. The molecule has 22 heavy (non-hydrogen) atoms. The maximum absolute atomic E-state index is 12.3. The first-order valence-electron chi connectivity index (χ1n) is 7.77. The van der Waals surface area contributed by atoms with Crippen molar-refractivity contribution in [2.45, 2.75) is 18.9 Å². The lowest BCUT2D eigenvalue weighted by Gasteiger charge is -2.30. The molecule has 2 bridgehead atoms. The van der Waals surface area contributed by atoms with Crippen molar-refractivity contribution < 1.29 is 4.79 Å². The average Bonchev–Trinajstić information content (AvgIpc) is 3.15. The molecule has 2 saturated heterocycles. The number of fused-ring (bicyclic) bond motifs is 2. The molecule has 2 fully saturated rings. The molecule has 2 aliphatic heterocycles. The van der Waals surface area contributed by atoms with Gasteiger partial charge in [0.1, 0.15) is 0 Å². The summed E-state index contributed by atoms with van der Waals surface area (Å²) < 4.78 is 1.37. The number of aromatic nitrogens is 3. The molecule has 0 aliphatic carbocycles. The molecule has 0 saturated carbocycles. The van der Waals surface area contributed by atoms with Gasteiger partial charge in [-0.3, -0.25) is 4.98 Å². The average molecular weight is 297 g/mol. The number of hydrogen-bond acceptors (Lipinski definition) is 4. The van der Waals surface area contributed by atoms with Crippen molar-refractivity contribution in [1.29, 1.82) is 0 Å². The molecule has 2 aromatic heterocycles. The first kappa shape index (κ1) is 13.5. The highest BCUT2D eigenvalue weighted by Crippen LogP contribution is 2.26. The Labute approximate surface area is 129 Å². The standard InChI is InChI=1S/C16H19N5O/c22-16(19-14-7-12-4-6-20(9-12)11-14)21-10-13(8-18-21)15-3-1-2-5-17-15/h1-3,5,8,10,12,14H,4,6-7,9,11H2,(H,19,22). The monoisotopic (exact) mass is 297 g/mol. The SMILES string of the molecule is O=C(NC1CC2CCN(C2)C1)n1cc(-c2ccccn2)cn1. The topological polar surface area (TPSA) is 63.1 Å². The van der Waals surface area contributed by atoms with Gasteiger partial charge in [0, 0.05) is 37.1 Å². The van der Waals surface area contributed by atoms with Gasteiger partial charge in [-0.2, -0.15) is 9.78 Å². The van der Waals surface area contributed by atoms with Crippen LogP contribution in [0.4, 0.5) is 4.79 Å². The fourth-order valence-electron chi connectivity index (χ4n) is 3.50. The van der Waals surface area contributed by atoms with Gasteiger partial charge in [0.05, 0.1) is 11.9 Å². The van der Waals surface area contributed by atoms with Crippen LogP contribution in [0.25, 0.3) is 11.3 Å². The minimum absolute atomic E-state index is 0.158. The number of nitrogens with one attached hydrogen (secondary N) is 1. The Bertz CT molecular complexity index is 656. The predicted octanol–water partition coefficient (Wildman–Crippen LogP) is 1.60. The summed E-state index contributed by atoms with van der Waals surface area (Å²) in [5.74, 6) is 0.737. The molecular formula is C16H19N5O. The van der Waals surface area contributed by atoms with E-state index in [0.717, 1.165) is 30.1 Å². The van der Waals surface area contributed by atoms with E-state index in [0.29, 0.717) is 0 Å². The number of pyridine rings is 1. The van der Waals surface area contributed by atoms with E-state index in [2.05, 4.69) is 20.3 Å². The van der Waals surface area contributed by atoms with Crippen molar-refractivity contribution in [2.24, 2.45) is 5.92 Å². The molecule has 2 aromatic rings. The summed E-state index contributed by atoms with van der Waals surface area (Å²) in [7, 11) is 0. The molecule has 0 radical (unpaired) electrons. The molecular weight excluding hydrogens is 278 g/mol. The van der Waals surface area contributed by atoms with E-state index in [1.54, 1.807) is 18.6 Å². The number of hydrogen-bond donors (Lipinski definition) is 1. The lowest BCUT2D eigenvalue weighted by atomic mass is 9.97. The lowest BCUT2D eigenvalue weighted by Crippen LogP contribution is -2.48. The van der Waals surface area contributed by atoms with Gasteiger partial charge in [-0.05, 0) is 37.4 Å². The predicted molar refractivity (Wildman–Crippen MR) is 82.3 cm³/mol. The van der Waals surface area contributed by atoms with Crippen LogP contribution in [0.3, 0.4) is 0 Å².